The number of halogens is 2. The average molecular weight is 347 g/mol. The van der Waals surface area contributed by atoms with Crippen molar-refractivity contribution in [2.75, 3.05) is 0 Å². The second-order valence-electron chi connectivity index (χ2n) is 3.99. The topological polar surface area (TPSA) is 109 Å². The molecule has 6 nitrogen and oxygen atoms in total. The van der Waals surface area contributed by atoms with Gasteiger partial charge in [0.05, 0.1) is 5.56 Å². The molecule has 1 unspecified atom stereocenters. The van der Waals surface area contributed by atoms with Crippen molar-refractivity contribution in [2.45, 2.75) is 18.9 Å². The minimum atomic E-state index is -1.32. The van der Waals surface area contributed by atoms with E-state index in [-0.39, 0.29) is 18.4 Å². The van der Waals surface area contributed by atoms with Crippen LogP contribution in [0, 0.1) is 5.82 Å². The summed E-state index contributed by atoms with van der Waals surface area (Å²) in [6.45, 7) is 0. The van der Waals surface area contributed by atoms with Crippen LogP contribution in [0.4, 0.5) is 4.39 Å². The molecule has 1 aromatic rings. The lowest BCUT2D eigenvalue weighted by Gasteiger charge is -2.14. The molecule has 108 valence electrons. The van der Waals surface area contributed by atoms with Crippen molar-refractivity contribution in [1.29, 1.82) is 0 Å². The van der Waals surface area contributed by atoms with Crippen molar-refractivity contribution in [3.8, 4) is 0 Å². The summed E-state index contributed by atoms with van der Waals surface area (Å²) in [6, 6.07) is 2.46. The number of amides is 2. The van der Waals surface area contributed by atoms with Gasteiger partial charge in [0.15, 0.2) is 0 Å². The lowest BCUT2D eigenvalue weighted by Crippen LogP contribution is -2.41. The molecule has 0 saturated carbocycles. The average Bonchev–Trinajstić information content (AvgIpc) is 2.33. The second kappa shape index (κ2) is 6.99. The fraction of sp³-hybridized carbons (Fsp3) is 0.250. The molecule has 1 atom stereocenters. The van der Waals surface area contributed by atoms with Crippen LogP contribution < -0.4 is 11.1 Å². The minimum Gasteiger partial charge on any atom is -0.480 e. The fourth-order valence-corrected chi connectivity index (χ4v) is 1.79. The van der Waals surface area contributed by atoms with Gasteiger partial charge >= 0.3 is 5.97 Å². The summed E-state index contributed by atoms with van der Waals surface area (Å²) in [5, 5.41) is 11.1. The van der Waals surface area contributed by atoms with Gasteiger partial charge in [-0.15, -0.1) is 0 Å². The molecule has 0 radical (unpaired) electrons. The van der Waals surface area contributed by atoms with Crippen molar-refractivity contribution in [1.82, 2.24) is 5.32 Å². The number of nitrogens with two attached hydrogens (primary N) is 1. The van der Waals surface area contributed by atoms with E-state index < -0.39 is 29.6 Å². The number of carboxylic acids is 1. The van der Waals surface area contributed by atoms with Gasteiger partial charge in [-0.1, -0.05) is 15.9 Å². The van der Waals surface area contributed by atoms with E-state index in [1.54, 1.807) is 0 Å². The summed E-state index contributed by atoms with van der Waals surface area (Å²) in [5.74, 6) is -3.65. The molecule has 0 aromatic heterocycles. The van der Waals surface area contributed by atoms with E-state index >= 15 is 0 Å². The highest BCUT2D eigenvalue weighted by molar-refractivity contribution is 9.10. The Bertz CT molecular complexity index is 550. The van der Waals surface area contributed by atoms with Crippen LogP contribution >= 0.6 is 15.9 Å². The van der Waals surface area contributed by atoms with E-state index in [2.05, 4.69) is 21.2 Å². The Morgan fingerprint density at radius 2 is 2.05 bits per heavy atom. The molecular weight excluding hydrogens is 335 g/mol. The van der Waals surface area contributed by atoms with Crippen LogP contribution in [0.2, 0.25) is 0 Å². The van der Waals surface area contributed by atoms with Crippen LogP contribution in [-0.4, -0.2) is 28.9 Å². The molecule has 2 amide bonds. The highest BCUT2D eigenvalue weighted by Crippen LogP contribution is 2.15. The molecule has 20 heavy (non-hydrogen) atoms. The molecule has 0 spiro atoms. The maximum absolute atomic E-state index is 13.6. The standard InChI is InChI=1S/C12H12BrFN2O4/c13-6-1-2-7(8(14)5-6)11(18)16-9(12(19)20)3-4-10(15)17/h1-2,5,9H,3-4H2,(H2,15,17)(H,16,18)(H,19,20). The Morgan fingerprint density at radius 1 is 1.40 bits per heavy atom. The number of rotatable bonds is 6. The molecule has 0 aliphatic rings. The SMILES string of the molecule is NC(=O)CCC(NC(=O)c1ccc(Br)cc1F)C(=O)O. The van der Waals surface area contributed by atoms with Gasteiger partial charge in [0, 0.05) is 10.9 Å². The number of carbonyl (C=O) groups excluding carboxylic acids is 2. The van der Waals surface area contributed by atoms with Gasteiger partial charge in [0.1, 0.15) is 11.9 Å². The van der Waals surface area contributed by atoms with E-state index in [0.29, 0.717) is 4.47 Å². The Labute approximate surface area is 122 Å². The molecule has 0 aliphatic carbocycles. The number of aliphatic carboxylic acids is 1. The van der Waals surface area contributed by atoms with E-state index in [1.807, 2.05) is 0 Å². The van der Waals surface area contributed by atoms with Crippen LogP contribution in [0.5, 0.6) is 0 Å². The van der Waals surface area contributed by atoms with Gasteiger partial charge in [-0.05, 0) is 24.6 Å². The number of hydrogen-bond donors (Lipinski definition) is 3. The van der Waals surface area contributed by atoms with Crippen molar-refractivity contribution >= 4 is 33.7 Å². The first-order chi connectivity index (χ1) is 9.31. The third-order valence-corrected chi connectivity index (χ3v) is 2.95. The molecular formula is C12H12BrFN2O4. The molecule has 0 aliphatic heterocycles. The molecule has 0 heterocycles. The maximum Gasteiger partial charge on any atom is 0.326 e. The molecule has 4 N–H and O–H groups in total. The van der Waals surface area contributed by atoms with Gasteiger partial charge in [-0.25, -0.2) is 9.18 Å². The van der Waals surface area contributed by atoms with Crippen LogP contribution in [-0.2, 0) is 9.59 Å². The highest BCUT2D eigenvalue weighted by Gasteiger charge is 2.22. The van der Waals surface area contributed by atoms with Crippen molar-refractivity contribution in [2.24, 2.45) is 5.73 Å². The number of hydrogen-bond acceptors (Lipinski definition) is 3. The zero-order valence-corrected chi connectivity index (χ0v) is 11.8. The Hall–Kier alpha value is -1.96. The Balaban J connectivity index is 2.80. The first-order valence-electron chi connectivity index (χ1n) is 5.58. The summed E-state index contributed by atoms with van der Waals surface area (Å²) in [4.78, 5) is 33.4. The van der Waals surface area contributed by atoms with E-state index in [9.17, 15) is 18.8 Å². The maximum atomic E-state index is 13.6. The number of benzene rings is 1. The van der Waals surface area contributed by atoms with E-state index in [1.165, 1.54) is 12.1 Å². The first-order valence-corrected chi connectivity index (χ1v) is 6.37. The predicted octanol–water partition coefficient (Wildman–Crippen LogP) is 1.04. The Morgan fingerprint density at radius 3 is 2.55 bits per heavy atom. The van der Waals surface area contributed by atoms with Crippen LogP contribution in [0.3, 0.4) is 0 Å². The summed E-state index contributed by atoms with van der Waals surface area (Å²) < 4.78 is 14.0. The lowest BCUT2D eigenvalue weighted by atomic mass is 10.1. The lowest BCUT2D eigenvalue weighted by molar-refractivity contribution is -0.139. The smallest absolute Gasteiger partial charge is 0.326 e. The normalized spacial score (nSPS) is 11.7. The van der Waals surface area contributed by atoms with Gasteiger partial charge < -0.3 is 16.2 Å². The molecule has 0 fully saturated rings. The number of carboxylic acid groups (broad SMARTS) is 1. The van der Waals surface area contributed by atoms with Crippen LogP contribution in [0.15, 0.2) is 22.7 Å². The van der Waals surface area contributed by atoms with Gasteiger partial charge in [-0.2, -0.15) is 0 Å². The predicted molar refractivity (Wildman–Crippen MR) is 71.4 cm³/mol. The van der Waals surface area contributed by atoms with Crippen molar-refractivity contribution in [3.05, 3.63) is 34.1 Å². The number of carbonyl (C=O) groups is 3. The third-order valence-electron chi connectivity index (χ3n) is 2.46. The monoisotopic (exact) mass is 346 g/mol. The number of nitrogens with one attached hydrogen (secondary N) is 1. The zero-order chi connectivity index (χ0) is 15.3. The van der Waals surface area contributed by atoms with Crippen molar-refractivity contribution in [3.63, 3.8) is 0 Å². The molecule has 0 bridgehead atoms. The van der Waals surface area contributed by atoms with E-state index in [0.717, 1.165) is 6.07 Å². The Kier molecular flexibility index (Phi) is 5.63. The molecule has 1 aromatic carbocycles. The van der Waals surface area contributed by atoms with Gasteiger partial charge in [0.25, 0.3) is 5.91 Å². The first kappa shape index (κ1) is 16.1. The van der Waals surface area contributed by atoms with Gasteiger partial charge in [0.2, 0.25) is 5.91 Å². The zero-order valence-electron chi connectivity index (χ0n) is 10.2. The highest BCUT2D eigenvalue weighted by atomic mass is 79.9. The van der Waals surface area contributed by atoms with Crippen LogP contribution in [0.1, 0.15) is 23.2 Å². The largest absolute Gasteiger partial charge is 0.480 e. The van der Waals surface area contributed by atoms with Crippen molar-refractivity contribution < 1.29 is 23.9 Å². The molecule has 0 saturated heterocycles. The summed E-state index contributed by atoms with van der Waals surface area (Å²) >= 11 is 3.04. The summed E-state index contributed by atoms with van der Waals surface area (Å²) in [6.07, 6.45) is -0.353. The second-order valence-corrected chi connectivity index (χ2v) is 4.91. The minimum absolute atomic E-state index is 0.158. The fourth-order valence-electron chi connectivity index (χ4n) is 1.45. The summed E-state index contributed by atoms with van der Waals surface area (Å²) in [5.41, 5.74) is 4.63. The van der Waals surface area contributed by atoms with E-state index in [4.69, 9.17) is 10.8 Å². The molecule has 1 rings (SSSR count). The molecule has 8 heteroatoms. The third kappa shape index (κ3) is 4.61. The summed E-state index contributed by atoms with van der Waals surface area (Å²) in [7, 11) is 0. The quantitative estimate of drug-likeness (QED) is 0.714. The number of primary amides is 1. The van der Waals surface area contributed by atoms with Gasteiger partial charge in [-0.3, -0.25) is 9.59 Å². The van der Waals surface area contributed by atoms with Crippen LogP contribution in [0.25, 0.3) is 0 Å².